The summed E-state index contributed by atoms with van der Waals surface area (Å²) in [7, 11) is 0. The van der Waals surface area contributed by atoms with Gasteiger partial charge < -0.3 is 19.8 Å². The van der Waals surface area contributed by atoms with Crippen LogP contribution in [0.5, 0.6) is 0 Å². The molecule has 0 spiro atoms. The average Bonchev–Trinajstić information content (AvgIpc) is 1.89. The van der Waals surface area contributed by atoms with Gasteiger partial charge in [0.2, 0.25) is 0 Å². The molecule has 0 saturated carbocycles. The fraction of sp³-hybridized carbons (Fsp3) is 0.667. The second-order valence-electron chi connectivity index (χ2n) is 1.45. The zero-order chi connectivity index (χ0) is 8.57. The molecule has 0 aliphatic carbocycles. The zero-order valence-corrected chi connectivity index (χ0v) is 10.8. The van der Waals surface area contributed by atoms with Crippen molar-refractivity contribution in [2.24, 2.45) is 0 Å². The first-order valence-corrected chi connectivity index (χ1v) is 2.94. The molecule has 0 aromatic rings. The van der Waals surface area contributed by atoms with Crippen LogP contribution in [0.25, 0.3) is 0 Å². The van der Waals surface area contributed by atoms with Crippen LogP contribution < -0.4 is 10.2 Å². The van der Waals surface area contributed by atoms with Crippen LogP contribution in [0.4, 0.5) is 0 Å². The van der Waals surface area contributed by atoms with Crippen molar-refractivity contribution in [3.05, 3.63) is 0 Å². The van der Waals surface area contributed by atoms with E-state index in [-0.39, 0.29) is 36.7 Å². The van der Waals surface area contributed by atoms with Gasteiger partial charge in [-0.3, -0.25) is 0 Å². The Bertz CT molecular complexity index is 99.1. The second kappa shape index (κ2) is 12.4. The summed E-state index contributed by atoms with van der Waals surface area (Å²) < 4.78 is 0. The molecule has 5 heteroatoms. The van der Waals surface area contributed by atoms with Gasteiger partial charge in [0.25, 0.3) is 0 Å². The van der Waals surface area contributed by atoms with Gasteiger partial charge in [-0.25, -0.2) is 0 Å². The zero-order valence-electron chi connectivity index (χ0n) is 6.75. The van der Waals surface area contributed by atoms with E-state index in [0.717, 1.165) is 0 Å². The molecule has 0 saturated heterocycles. The number of carboxylic acids is 2. The van der Waals surface area contributed by atoms with Gasteiger partial charge in [-0.1, -0.05) is 13.8 Å². The molecule has 0 fully saturated rings. The molecule has 0 bridgehead atoms. The molecule has 0 N–H and O–H groups in total. The summed E-state index contributed by atoms with van der Waals surface area (Å²) in [5.74, 6) is -1.99. The van der Waals surface area contributed by atoms with Gasteiger partial charge in [0.15, 0.2) is 0 Å². The normalized spacial score (nSPS) is 6.73. The van der Waals surface area contributed by atoms with Crippen LogP contribution in [-0.2, 0) is 9.59 Å². The molecule has 0 rings (SSSR count). The van der Waals surface area contributed by atoms with Crippen molar-refractivity contribution >= 4 is 35.8 Å². The molecule has 0 aromatic heterocycles. The molecule has 4 nitrogen and oxygen atoms in total. The number of carbonyl (C=O) groups is 2. The fourth-order valence-corrected chi connectivity index (χ4v) is 0. The number of hydrogen-bond acceptors (Lipinski definition) is 4. The van der Waals surface area contributed by atoms with Gasteiger partial charge in [0, 0.05) is 11.9 Å². The summed E-state index contributed by atoms with van der Waals surface area (Å²) in [5.41, 5.74) is 0. The van der Waals surface area contributed by atoms with E-state index < -0.39 is 11.9 Å². The maximum absolute atomic E-state index is 9.26. The van der Waals surface area contributed by atoms with Gasteiger partial charge in [-0.15, -0.1) is 0 Å². The SMILES string of the molecule is CCC(=O)[O-].CCC(=O)[O-].[SnH2+2]. The number of carboxylic acid groups (broad SMARTS) is 2. The van der Waals surface area contributed by atoms with Crippen molar-refractivity contribution in [2.45, 2.75) is 26.7 Å². The van der Waals surface area contributed by atoms with Crippen molar-refractivity contribution < 1.29 is 19.8 Å². The van der Waals surface area contributed by atoms with E-state index in [2.05, 4.69) is 0 Å². The molecule has 0 unspecified atom stereocenters. The van der Waals surface area contributed by atoms with Crippen molar-refractivity contribution in [2.75, 3.05) is 0 Å². The van der Waals surface area contributed by atoms with Crippen LogP contribution in [0.2, 0.25) is 0 Å². The second-order valence-corrected chi connectivity index (χ2v) is 1.45. The summed E-state index contributed by atoms with van der Waals surface area (Å²) in [5, 5.41) is 18.5. The quantitative estimate of drug-likeness (QED) is 0.513. The molecule has 11 heavy (non-hydrogen) atoms. The molecule has 0 aliphatic rings. The predicted octanol–water partition coefficient (Wildman–Crippen LogP) is -2.62. The van der Waals surface area contributed by atoms with Crippen molar-refractivity contribution in [1.82, 2.24) is 0 Å². The molecular weight excluding hydrogens is 255 g/mol. The first-order chi connectivity index (χ1) is 4.54. The van der Waals surface area contributed by atoms with Crippen molar-refractivity contribution in [3.63, 3.8) is 0 Å². The van der Waals surface area contributed by atoms with E-state index in [4.69, 9.17) is 0 Å². The predicted molar refractivity (Wildman–Crippen MR) is 39.1 cm³/mol. The van der Waals surface area contributed by atoms with Crippen molar-refractivity contribution in [1.29, 1.82) is 0 Å². The molecule has 0 heterocycles. The minimum absolute atomic E-state index is 0. The van der Waals surface area contributed by atoms with E-state index in [1.54, 1.807) is 0 Å². The summed E-state index contributed by atoms with van der Waals surface area (Å²) in [6, 6.07) is 0. The number of carbonyl (C=O) groups excluding carboxylic acids is 2. The molecule has 0 radical (unpaired) electrons. The molecular formula is C6H12O4Sn. The Morgan fingerprint density at radius 2 is 1.09 bits per heavy atom. The van der Waals surface area contributed by atoms with Crippen LogP contribution in [0.15, 0.2) is 0 Å². The third kappa shape index (κ3) is 41.7. The summed E-state index contributed by atoms with van der Waals surface area (Å²) in [6.07, 6.45) is 0.222. The molecule has 0 aliphatic heterocycles. The number of aliphatic carboxylic acids is 2. The van der Waals surface area contributed by atoms with Gasteiger partial charge >= 0.3 is 23.9 Å². The van der Waals surface area contributed by atoms with Crippen LogP contribution >= 0.6 is 0 Å². The Balaban J connectivity index is -0.000000107. The van der Waals surface area contributed by atoms with Crippen LogP contribution in [0.1, 0.15) is 26.7 Å². The summed E-state index contributed by atoms with van der Waals surface area (Å²) in [4.78, 5) is 18.5. The summed E-state index contributed by atoms with van der Waals surface area (Å²) >= 11 is 0. The Morgan fingerprint density at radius 3 is 1.09 bits per heavy atom. The van der Waals surface area contributed by atoms with Gasteiger partial charge in [-0.2, -0.15) is 0 Å². The van der Waals surface area contributed by atoms with E-state index in [1.807, 2.05) is 0 Å². The van der Waals surface area contributed by atoms with E-state index >= 15 is 0 Å². The minimum atomic E-state index is -0.995. The molecule has 0 amide bonds. The van der Waals surface area contributed by atoms with E-state index in [9.17, 15) is 19.8 Å². The van der Waals surface area contributed by atoms with Crippen LogP contribution in [0.3, 0.4) is 0 Å². The monoisotopic (exact) mass is 268 g/mol. The Kier molecular flexibility index (Phi) is 19.2. The van der Waals surface area contributed by atoms with Crippen LogP contribution in [-0.4, -0.2) is 35.8 Å². The molecule has 64 valence electrons. The molecule has 0 aromatic carbocycles. The van der Waals surface area contributed by atoms with Crippen molar-refractivity contribution in [3.8, 4) is 0 Å². The van der Waals surface area contributed by atoms with Gasteiger partial charge in [0.1, 0.15) is 0 Å². The third-order valence-corrected chi connectivity index (χ3v) is 0.577. The Hall–Kier alpha value is -0.261. The molecule has 0 atom stereocenters. The third-order valence-electron chi connectivity index (χ3n) is 0.577. The standard InChI is InChI=1S/2C3H6O2.Sn.2H/c2*1-2-3(4)5;;;/h2*2H2,1H3,(H,4,5);;;/q;;+2;;/p-2. The number of hydrogen-bond donors (Lipinski definition) is 0. The number of rotatable bonds is 2. The van der Waals surface area contributed by atoms with Gasteiger partial charge in [-0.05, 0) is 12.8 Å². The summed E-state index contributed by atoms with van der Waals surface area (Å²) in [6.45, 7) is 3.07. The van der Waals surface area contributed by atoms with Crippen LogP contribution in [0, 0.1) is 0 Å². The average molecular weight is 267 g/mol. The Morgan fingerprint density at radius 1 is 1.00 bits per heavy atom. The van der Waals surface area contributed by atoms with Gasteiger partial charge in [0.05, 0.1) is 0 Å². The Labute approximate surface area is 82.6 Å². The topological polar surface area (TPSA) is 80.3 Å². The van der Waals surface area contributed by atoms with E-state index in [0.29, 0.717) is 0 Å². The first-order valence-electron chi connectivity index (χ1n) is 2.94. The first kappa shape index (κ1) is 17.0. The van der Waals surface area contributed by atoms with E-state index in [1.165, 1.54) is 13.8 Å². The fourth-order valence-electron chi connectivity index (χ4n) is 0. The maximum atomic E-state index is 9.26.